The van der Waals surface area contributed by atoms with Crippen LogP contribution in [0, 0.1) is 0 Å². The molecule has 0 aliphatic heterocycles. The Labute approximate surface area is 131 Å². The molecular formula is C7H4Na2O5S. The van der Waals surface area contributed by atoms with Gasteiger partial charge in [0.2, 0.25) is 0 Å². The third-order valence-electron chi connectivity index (χ3n) is 1.36. The van der Waals surface area contributed by atoms with Crippen LogP contribution in [-0.4, -0.2) is 18.9 Å². The van der Waals surface area contributed by atoms with Crippen LogP contribution >= 0.6 is 0 Å². The molecule has 0 amide bonds. The summed E-state index contributed by atoms with van der Waals surface area (Å²) >= 11 is 0. The Bertz CT molecular complexity index is 442. The van der Waals surface area contributed by atoms with Crippen LogP contribution in [-0.2, 0) is 10.1 Å². The summed E-state index contributed by atoms with van der Waals surface area (Å²) in [5, 5.41) is 10.3. The molecule has 0 N–H and O–H groups in total. The van der Waals surface area contributed by atoms with Crippen molar-refractivity contribution in [2.24, 2.45) is 0 Å². The summed E-state index contributed by atoms with van der Waals surface area (Å²) < 4.78 is 31.3. The molecule has 0 heterocycles. The first kappa shape index (κ1) is 18.0. The van der Waals surface area contributed by atoms with Crippen LogP contribution in [0.15, 0.2) is 29.2 Å². The zero-order valence-corrected chi connectivity index (χ0v) is 13.1. The minimum atomic E-state index is -4.60. The summed E-state index contributed by atoms with van der Waals surface area (Å²) in [4.78, 5) is 9.70. The summed E-state index contributed by atoms with van der Waals surface area (Å²) in [6.07, 6.45) is 0. The van der Waals surface area contributed by atoms with Crippen LogP contribution in [0.4, 0.5) is 0 Å². The van der Waals surface area contributed by atoms with Gasteiger partial charge in [-0.25, -0.2) is 8.42 Å². The predicted octanol–water partition coefficient (Wildman–Crippen LogP) is -7.04. The SMILES string of the molecule is O=C([O-])c1cccc(S(=O)(=O)[O-])c1.[Na+].[Na+]. The quantitative estimate of drug-likeness (QED) is 0.381. The third-order valence-corrected chi connectivity index (χ3v) is 2.19. The maximum atomic E-state index is 10.4. The number of carboxylic acids is 1. The average Bonchev–Trinajstić information content (AvgIpc) is 2.03. The van der Waals surface area contributed by atoms with Crippen LogP contribution in [0.5, 0.6) is 0 Å². The second-order valence-corrected chi connectivity index (χ2v) is 3.65. The zero-order valence-electron chi connectivity index (χ0n) is 8.26. The Hall–Kier alpha value is 0.600. The van der Waals surface area contributed by atoms with Crippen LogP contribution < -0.4 is 64.2 Å². The van der Waals surface area contributed by atoms with E-state index in [1.54, 1.807) is 0 Å². The van der Waals surface area contributed by atoms with Gasteiger partial charge in [-0.3, -0.25) is 0 Å². The van der Waals surface area contributed by atoms with Gasteiger partial charge in [0.25, 0.3) is 0 Å². The molecule has 0 atom stereocenters. The first-order valence-electron chi connectivity index (χ1n) is 3.18. The number of carbonyl (C=O) groups is 1. The van der Waals surface area contributed by atoms with Gasteiger partial charge in [0.1, 0.15) is 10.1 Å². The first-order valence-corrected chi connectivity index (χ1v) is 4.59. The minimum absolute atomic E-state index is 0. The summed E-state index contributed by atoms with van der Waals surface area (Å²) in [5.74, 6) is -1.52. The van der Waals surface area contributed by atoms with E-state index in [2.05, 4.69) is 0 Å². The first-order chi connectivity index (χ1) is 5.91. The van der Waals surface area contributed by atoms with Crippen molar-refractivity contribution in [1.29, 1.82) is 0 Å². The van der Waals surface area contributed by atoms with Crippen molar-refractivity contribution in [2.45, 2.75) is 4.90 Å². The summed E-state index contributed by atoms with van der Waals surface area (Å²) in [6.45, 7) is 0. The van der Waals surface area contributed by atoms with Gasteiger partial charge in [-0.15, -0.1) is 0 Å². The second kappa shape index (κ2) is 7.03. The van der Waals surface area contributed by atoms with Gasteiger partial charge in [0.15, 0.2) is 0 Å². The molecule has 0 fully saturated rings. The van der Waals surface area contributed by atoms with Crippen LogP contribution in [0.3, 0.4) is 0 Å². The maximum Gasteiger partial charge on any atom is 1.00 e. The Morgan fingerprint density at radius 1 is 1.20 bits per heavy atom. The Balaban J connectivity index is 0. The molecule has 5 nitrogen and oxygen atoms in total. The van der Waals surface area contributed by atoms with Crippen LogP contribution in [0.1, 0.15) is 10.4 Å². The van der Waals surface area contributed by atoms with Crippen molar-refractivity contribution in [1.82, 2.24) is 0 Å². The molecule has 0 spiro atoms. The van der Waals surface area contributed by atoms with Crippen LogP contribution in [0.2, 0.25) is 0 Å². The molecule has 15 heavy (non-hydrogen) atoms. The molecule has 1 aromatic rings. The Kier molecular flexibility index (Phi) is 8.43. The molecule has 70 valence electrons. The fraction of sp³-hybridized carbons (Fsp3) is 0. The summed E-state index contributed by atoms with van der Waals surface area (Å²) in [7, 11) is -4.60. The standard InChI is InChI=1S/C7H6O5S.2Na/c8-7(9)5-2-1-3-6(4-5)13(10,11)12;;/h1-4H,(H,8,9)(H,10,11,12);;/q;2*+1/p-2. The maximum absolute atomic E-state index is 10.4. The molecule has 0 radical (unpaired) electrons. The van der Waals surface area contributed by atoms with Crippen molar-refractivity contribution in [3.63, 3.8) is 0 Å². The third kappa shape index (κ3) is 5.46. The van der Waals surface area contributed by atoms with Gasteiger partial charge < -0.3 is 14.5 Å². The summed E-state index contributed by atoms with van der Waals surface area (Å²) in [6, 6.07) is 4.09. The van der Waals surface area contributed by atoms with Gasteiger partial charge in [-0.05, 0) is 17.7 Å². The number of benzene rings is 1. The van der Waals surface area contributed by atoms with E-state index in [1.807, 2.05) is 0 Å². The molecule has 1 rings (SSSR count). The summed E-state index contributed by atoms with van der Waals surface area (Å²) in [5.41, 5.74) is -0.336. The van der Waals surface area contributed by atoms with E-state index in [0.29, 0.717) is 0 Å². The van der Waals surface area contributed by atoms with Gasteiger partial charge in [0, 0.05) is 0 Å². The zero-order chi connectivity index (χ0) is 10.1. The number of carboxylic acid groups (broad SMARTS) is 1. The molecule has 0 aromatic heterocycles. The van der Waals surface area contributed by atoms with E-state index >= 15 is 0 Å². The van der Waals surface area contributed by atoms with E-state index < -0.39 is 21.0 Å². The second-order valence-electron chi connectivity index (χ2n) is 2.27. The largest absolute Gasteiger partial charge is 1.00 e. The molecule has 0 saturated heterocycles. The minimum Gasteiger partial charge on any atom is -0.744 e. The molecule has 0 unspecified atom stereocenters. The van der Waals surface area contributed by atoms with Gasteiger partial charge in [0.05, 0.1) is 10.9 Å². The molecule has 1 aromatic carbocycles. The number of rotatable bonds is 2. The number of carbonyl (C=O) groups excluding carboxylic acids is 1. The number of aromatic carboxylic acids is 1. The molecular weight excluding hydrogens is 242 g/mol. The van der Waals surface area contributed by atoms with Crippen molar-refractivity contribution in [2.75, 3.05) is 0 Å². The van der Waals surface area contributed by atoms with Crippen molar-refractivity contribution in [3.05, 3.63) is 29.8 Å². The van der Waals surface area contributed by atoms with E-state index in [0.717, 1.165) is 24.3 Å². The molecule has 0 saturated carbocycles. The van der Waals surface area contributed by atoms with E-state index in [1.165, 1.54) is 0 Å². The van der Waals surface area contributed by atoms with Crippen molar-refractivity contribution >= 4 is 16.1 Å². The molecule has 0 bridgehead atoms. The van der Waals surface area contributed by atoms with E-state index in [4.69, 9.17) is 0 Å². The fourth-order valence-electron chi connectivity index (χ4n) is 0.779. The Morgan fingerprint density at radius 3 is 2.13 bits per heavy atom. The number of hydrogen-bond donors (Lipinski definition) is 0. The molecule has 0 aliphatic rings. The Morgan fingerprint density at radius 2 is 1.73 bits per heavy atom. The monoisotopic (exact) mass is 246 g/mol. The van der Waals surface area contributed by atoms with Crippen molar-refractivity contribution in [3.8, 4) is 0 Å². The smallest absolute Gasteiger partial charge is 0.744 e. The van der Waals surface area contributed by atoms with Gasteiger partial charge >= 0.3 is 59.1 Å². The molecule has 0 aliphatic carbocycles. The van der Waals surface area contributed by atoms with E-state index in [-0.39, 0.29) is 64.7 Å². The normalized spacial score (nSPS) is 9.67. The predicted molar refractivity (Wildman–Crippen MR) is 38.7 cm³/mol. The van der Waals surface area contributed by atoms with E-state index in [9.17, 15) is 22.9 Å². The number of hydrogen-bond acceptors (Lipinski definition) is 5. The van der Waals surface area contributed by atoms with Crippen molar-refractivity contribution < 1.29 is 82.0 Å². The fourth-order valence-corrected chi connectivity index (χ4v) is 1.30. The average molecular weight is 246 g/mol. The van der Waals surface area contributed by atoms with Gasteiger partial charge in [-0.1, -0.05) is 12.1 Å². The molecule has 8 heteroatoms. The topological polar surface area (TPSA) is 97.3 Å². The van der Waals surface area contributed by atoms with Crippen LogP contribution in [0.25, 0.3) is 0 Å². The van der Waals surface area contributed by atoms with Gasteiger partial charge in [-0.2, -0.15) is 0 Å².